The molecule has 33 heavy (non-hydrogen) atoms. The zero-order chi connectivity index (χ0) is 22.2. The van der Waals surface area contributed by atoms with Crippen molar-refractivity contribution in [3.8, 4) is 0 Å². The van der Waals surface area contributed by atoms with E-state index in [1.807, 2.05) is 30.5 Å². The maximum atomic E-state index is 12.6. The van der Waals surface area contributed by atoms with Crippen LogP contribution in [0.15, 0.2) is 70.7 Å². The second-order valence-corrected chi connectivity index (χ2v) is 9.56. The van der Waals surface area contributed by atoms with Gasteiger partial charge in [-0.25, -0.2) is 0 Å². The van der Waals surface area contributed by atoms with Crippen molar-refractivity contribution < 1.29 is 9.53 Å². The number of nitrogens with one attached hydrogen (secondary N) is 1. The van der Waals surface area contributed by atoms with Crippen molar-refractivity contribution in [1.82, 2.24) is 10.3 Å². The standard InChI is InChI=1S/C26H24N4O2S/c31-25-24(33-26(29-25)28-22-16-19(22)18-4-2-1-3-5-18)15-17-6-7-21-20(14-17)23(8-9-27-21)30-10-12-32-13-11-30/h1-9,14-15,19,22H,10-13,16H2,(H,28,29,31)/b24-15-/t19-,22+/m0/s1. The Bertz CT molecular complexity index is 1270. The van der Waals surface area contributed by atoms with E-state index >= 15 is 0 Å². The Hall–Kier alpha value is -3.16. The monoisotopic (exact) mass is 456 g/mol. The number of pyridine rings is 1. The van der Waals surface area contributed by atoms with E-state index < -0.39 is 0 Å². The Labute approximate surface area is 196 Å². The summed E-state index contributed by atoms with van der Waals surface area (Å²) in [7, 11) is 0. The highest BCUT2D eigenvalue weighted by Gasteiger charge is 2.39. The molecule has 0 unspecified atom stereocenters. The molecule has 3 aliphatic rings. The lowest BCUT2D eigenvalue weighted by Crippen LogP contribution is -2.36. The van der Waals surface area contributed by atoms with Gasteiger partial charge in [0.15, 0.2) is 5.17 Å². The molecule has 166 valence electrons. The molecule has 2 atom stereocenters. The summed E-state index contributed by atoms with van der Waals surface area (Å²) >= 11 is 1.42. The third kappa shape index (κ3) is 4.26. The summed E-state index contributed by atoms with van der Waals surface area (Å²) in [5.41, 5.74) is 4.41. The van der Waals surface area contributed by atoms with E-state index in [0.29, 0.717) is 16.0 Å². The van der Waals surface area contributed by atoms with Crippen molar-refractivity contribution >= 4 is 45.5 Å². The molecule has 3 fully saturated rings. The van der Waals surface area contributed by atoms with E-state index in [2.05, 4.69) is 51.6 Å². The summed E-state index contributed by atoms with van der Waals surface area (Å²) in [6.45, 7) is 3.21. The lowest BCUT2D eigenvalue weighted by atomic mass is 10.1. The van der Waals surface area contributed by atoms with Crippen molar-refractivity contribution in [3.63, 3.8) is 0 Å². The van der Waals surface area contributed by atoms with E-state index in [1.165, 1.54) is 17.3 Å². The third-order valence-corrected chi connectivity index (χ3v) is 7.23. The number of fused-ring (bicyclic) bond motifs is 1. The van der Waals surface area contributed by atoms with Crippen LogP contribution in [0.1, 0.15) is 23.5 Å². The van der Waals surface area contributed by atoms with E-state index in [9.17, 15) is 4.79 Å². The maximum absolute atomic E-state index is 12.6. The molecule has 1 aliphatic carbocycles. The quantitative estimate of drug-likeness (QED) is 0.597. The highest BCUT2D eigenvalue weighted by molar-refractivity contribution is 8.18. The zero-order valence-corrected chi connectivity index (χ0v) is 18.9. The van der Waals surface area contributed by atoms with Gasteiger partial charge in [0.05, 0.1) is 29.7 Å². The van der Waals surface area contributed by atoms with Gasteiger partial charge in [-0.15, -0.1) is 0 Å². The van der Waals surface area contributed by atoms with Gasteiger partial charge >= 0.3 is 0 Å². The lowest BCUT2D eigenvalue weighted by Gasteiger charge is -2.29. The largest absolute Gasteiger partial charge is 0.378 e. The highest BCUT2D eigenvalue weighted by atomic mass is 32.2. The van der Waals surface area contributed by atoms with Crippen LogP contribution in [0.3, 0.4) is 0 Å². The van der Waals surface area contributed by atoms with Crippen LogP contribution in [-0.4, -0.2) is 48.4 Å². The minimum Gasteiger partial charge on any atom is -0.378 e. The number of carbonyl (C=O) groups is 1. The van der Waals surface area contributed by atoms with Crippen molar-refractivity contribution in [2.24, 2.45) is 4.99 Å². The average molecular weight is 457 g/mol. The molecule has 0 radical (unpaired) electrons. The Kier molecular flexibility index (Phi) is 5.36. The number of anilines is 1. The highest BCUT2D eigenvalue weighted by Crippen LogP contribution is 2.44. The number of thioether (sulfide) groups is 1. The molecule has 1 saturated carbocycles. The normalized spacial score (nSPS) is 25.1. The Balaban J connectivity index is 1.23. The van der Waals surface area contributed by atoms with Gasteiger partial charge in [-0.05, 0) is 53.6 Å². The number of hydrogen-bond acceptors (Lipinski definition) is 6. The second-order valence-electron chi connectivity index (χ2n) is 8.53. The van der Waals surface area contributed by atoms with Crippen LogP contribution in [-0.2, 0) is 9.53 Å². The molecule has 1 aromatic heterocycles. The summed E-state index contributed by atoms with van der Waals surface area (Å²) in [5, 5.41) is 4.73. The molecule has 6 nitrogen and oxygen atoms in total. The van der Waals surface area contributed by atoms with E-state index in [1.54, 1.807) is 0 Å². The molecule has 2 saturated heterocycles. The Morgan fingerprint density at radius 1 is 1.12 bits per heavy atom. The Morgan fingerprint density at radius 2 is 1.97 bits per heavy atom. The number of aromatic nitrogens is 1. The van der Waals surface area contributed by atoms with Gasteiger partial charge in [0, 0.05) is 36.3 Å². The fraction of sp³-hybridized carbons (Fsp3) is 0.269. The van der Waals surface area contributed by atoms with Crippen molar-refractivity contribution in [2.75, 3.05) is 31.2 Å². The van der Waals surface area contributed by atoms with Gasteiger partial charge in [0.2, 0.25) is 0 Å². The van der Waals surface area contributed by atoms with E-state index in [-0.39, 0.29) is 11.9 Å². The molecule has 1 N–H and O–H groups in total. The van der Waals surface area contributed by atoms with Crippen LogP contribution in [0.4, 0.5) is 5.69 Å². The van der Waals surface area contributed by atoms with Gasteiger partial charge in [0.25, 0.3) is 5.91 Å². The number of aliphatic imine (C=N–C) groups is 1. The van der Waals surface area contributed by atoms with Crippen LogP contribution < -0.4 is 10.2 Å². The molecule has 0 bridgehead atoms. The number of benzene rings is 2. The first kappa shape index (κ1) is 20.4. The minimum atomic E-state index is -0.0876. The molecule has 2 aromatic carbocycles. The minimum absolute atomic E-state index is 0.0876. The van der Waals surface area contributed by atoms with Crippen LogP contribution in [0.25, 0.3) is 17.0 Å². The number of rotatable bonds is 4. The fourth-order valence-corrected chi connectivity index (χ4v) is 5.37. The predicted molar refractivity (Wildman–Crippen MR) is 134 cm³/mol. The zero-order valence-electron chi connectivity index (χ0n) is 18.1. The molecule has 7 heteroatoms. The summed E-state index contributed by atoms with van der Waals surface area (Å²) < 4.78 is 5.51. The fourth-order valence-electron chi connectivity index (χ4n) is 4.49. The van der Waals surface area contributed by atoms with E-state index in [0.717, 1.165) is 54.9 Å². The van der Waals surface area contributed by atoms with Crippen LogP contribution in [0.2, 0.25) is 0 Å². The topological polar surface area (TPSA) is 66.8 Å². The number of nitrogens with zero attached hydrogens (tertiary/aromatic N) is 3. The summed E-state index contributed by atoms with van der Waals surface area (Å²) in [5.74, 6) is 0.367. The summed E-state index contributed by atoms with van der Waals surface area (Å²) in [4.78, 5) is 24.9. The molecule has 2 aliphatic heterocycles. The van der Waals surface area contributed by atoms with Gasteiger partial charge in [0.1, 0.15) is 0 Å². The van der Waals surface area contributed by atoms with Crippen molar-refractivity contribution in [2.45, 2.75) is 18.4 Å². The first-order valence-electron chi connectivity index (χ1n) is 11.3. The van der Waals surface area contributed by atoms with Crippen LogP contribution in [0.5, 0.6) is 0 Å². The smallest absolute Gasteiger partial charge is 0.264 e. The molecule has 3 aromatic rings. The van der Waals surface area contributed by atoms with E-state index in [4.69, 9.17) is 9.73 Å². The van der Waals surface area contributed by atoms with Crippen molar-refractivity contribution in [3.05, 3.63) is 76.8 Å². The average Bonchev–Trinajstić information content (AvgIpc) is 3.54. The number of amidine groups is 1. The SMILES string of the molecule is O=C1NC(=N[C@@H]2C[C@H]2c2ccccc2)S/C1=C\c1ccc2nccc(N3CCOCC3)c2c1. The van der Waals surface area contributed by atoms with Gasteiger partial charge in [-0.3, -0.25) is 14.8 Å². The molecule has 0 spiro atoms. The third-order valence-electron chi connectivity index (χ3n) is 6.31. The van der Waals surface area contributed by atoms with Gasteiger partial charge in [-0.2, -0.15) is 0 Å². The first-order chi connectivity index (χ1) is 16.2. The molecular weight excluding hydrogens is 432 g/mol. The number of morpholine rings is 1. The van der Waals surface area contributed by atoms with Gasteiger partial charge < -0.3 is 15.0 Å². The molecule has 1 amide bonds. The maximum Gasteiger partial charge on any atom is 0.264 e. The lowest BCUT2D eigenvalue weighted by molar-refractivity contribution is -0.115. The number of ether oxygens (including phenoxy) is 1. The van der Waals surface area contributed by atoms with Gasteiger partial charge in [-0.1, -0.05) is 36.4 Å². The molecular formula is C26H24N4O2S. The molecule has 3 heterocycles. The van der Waals surface area contributed by atoms with Crippen LogP contribution >= 0.6 is 11.8 Å². The summed E-state index contributed by atoms with van der Waals surface area (Å²) in [6, 6.07) is 18.9. The number of amides is 1. The Morgan fingerprint density at radius 3 is 2.82 bits per heavy atom. The van der Waals surface area contributed by atoms with Crippen LogP contribution in [0, 0.1) is 0 Å². The first-order valence-corrected chi connectivity index (χ1v) is 12.1. The number of hydrogen-bond donors (Lipinski definition) is 1. The van der Waals surface area contributed by atoms with Crippen molar-refractivity contribution in [1.29, 1.82) is 0 Å². The molecule has 6 rings (SSSR count). The predicted octanol–water partition coefficient (Wildman–Crippen LogP) is 4.19. The summed E-state index contributed by atoms with van der Waals surface area (Å²) in [6.07, 6.45) is 4.83. The number of carbonyl (C=O) groups excluding carboxylic acids is 1. The second kappa shape index (κ2) is 8.65.